The van der Waals surface area contributed by atoms with E-state index in [9.17, 15) is 0 Å². The van der Waals surface area contributed by atoms with Crippen LogP contribution in [-0.4, -0.2) is 17.6 Å². The van der Waals surface area contributed by atoms with Crippen LogP contribution in [0.5, 0.6) is 0 Å². The first-order chi connectivity index (χ1) is 4.06. The van der Waals surface area contributed by atoms with Crippen molar-refractivity contribution in [3.8, 4) is 0 Å². The van der Waals surface area contributed by atoms with Crippen molar-refractivity contribution in [3.63, 3.8) is 0 Å². The molecule has 2 heteroatoms. The van der Waals surface area contributed by atoms with Crippen molar-refractivity contribution in [2.75, 3.05) is 7.05 Å². The molecule has 0 saturated heterocycles. The van der Waals surface area contributed by atoms with Gasteiger partial charge in [0.2, 0.25) is 0 Å². The van der Waals surface area contributed by atoms with Gasteiger partial charge >= 0.3 is 0 Å². The highest BCUT2D eigenvalue weighted by Crippen LogP contribution is 2.20. The summed E-state index contributed by atoms with van der Waals surface area (Å²) >= 11 is 0. The molecule has 0 aliphatic rings. The molecule has 0 aromatic rings. The Labute approximate surface area is 58.0 Å². The monoisotopic (exact) mass is 129 g/mol. The molecular formula is C7H17N2-. The van der Waals surface area contributed by atoms with Crippen molar-refractivity contribution in [1.82, 2.24) is 5.01 Å². The van der Waals surface area contributed by atoms with Crippen molar-refractivity contribution in [2.45, 2.75) is 39.2 Å². The normalized spacial score (nSPS) is 12.7. The Morgan fingerprint density at radius 1 is 1.33 bits per heavy atom. The average Bonchev–Trinajstić information content (AvgIpc) is 1.86. The number of hydrogen-bond acceptors (Lipinski definition) is 1. The highest BCUT2D eigenvalue weighted by Gasteiger charge is 2.17. The predicted octanol–water partition coefficient (Wildman–Crippen LogP) is 2.46. The first-order valence-corrected chi connectivity index (χ1v) is 3.52. The standard InChI is InChI=1S/C7H17N2/c1-5-7(3,6-2)9(4)8/h8H,5-6H2,1-4H3/q-1. The molecule has 0 bridgehead atoms. The molecule has 9 heavy (non-hydrogen) atoms. The summed E-state index contributed by atoms with van der Waals surface area (Å²) in [6.45, 7) is 6.35. The zero-order valence-electron chi connectivity index (χ0n) is 6.86. The van der Waals surface area contributed by atoms with Crippen molar-refractivity contribution in [1.29, 1.82) is 0 Å². The van der Waals surface area contributed by atoms with Gasteiger partial charge in [-0.1, -0.05) is 13.8 Å². The van der Waals surface area contributed by atoms with Crippen LogP contribution in [0.3, 0.4) is 0 Å². The highest BCUT2D eigenvalue weighted by molar-refractivity contribution is 4.81. The van der Waals surface area contributed by atoms with Gasteiger partial charge in [0.1, 0.15) is 0 Å². The van der Waals surface area contributed by atoms with E-state index in [-0.39, 0.29) is 5.54 Å². The lowest BCUT2D eigenvalue weighted by atomic mass is 9.95. The number of hydrogen-bond donors (Lipinski definition) is 0. The molecule has 0 aromatic carbocycles. The summed E-state index contributed by atoms with van der Waals surface area (Å²) in [4.78, 5) is 0. The van der Waals surface area contributed by atoms with Crippen LogP contribution in [-0.2, 0) is 0 Å². The minimum Gasteiger partial charge on any atom is -0.609 e. The Bertz CT molecular complexity index is 75.0. The summed E-state index contributed by atoms with van der Waals surface area (Å²) in [5.74, 6) is 7.36. The third-order valence-electron chi connectivity index (χ3n) is 2.33. The van der Waals surface area contributed by atoms with Crippen molar-refractivity contribution in [2.24, 2.45) is 0 Å². The second-order valence-corrected chi connectivity index (χ2v) is 2.76. The van der Waals surface area contributed by atoms with E-state index in [1.165, 1.54) is 0 Å². The van der Waals surface area contributed by atoms with Gasteiger partial charge in [0, 0.05) is 5.54 Å². The van der Waals surface area contributed by atoms with Gasteiger partial charge in [-0.25, -0.2) is 0 Å². The average molecular weight is 129 g/mol. The summed E-state index contributed by atoms with van der Waals surface area (Å²) in [6, 6.07) is 0. The molecule has 56 valence electrons. The SMILES string of the molecule is CCC(C)(CC)N(C)[NH-]. The summed E-state index contributed by atoms with van der Waals surface area (Å²) in [5.41, 5.74) is 0.0833. The molecule has 0 aliphatic heterocycles. The minimum atomic E-state index is 0.0833. The fourth-order valence-electron chi connectivity index (χ4n) is 0.724. The summed E-state index contributed by atoms with van der Waals surface area (Å²) in [5, 5.41) is 1.55. The molecular weight excluding hydrogens is 112 g/mol. The number of nitrogens with one attached hydrogen (secondary N) is 1. The molecule has 0 unspecified atom stereocenters. The van der Waals surface area contributed by atoms with E-state index >= 15 is 0 Å². The Morgan fingerprint density at radius 3 is 1.67 bits per heavy atom. The van der Waals surface area contributed by atoms with Crippen LogP contribution in [0.4, 0.5) is 0 Å². The maximum Gasteiger partial charge on any atom is 0.000119 e. The quantitative estimate of drug-likeness (QED) is 0.538. The summed E-state index contributed by atoms with van der Waals surface area (Å²) < 4.78 is 0. The Morgan fingerprint density at radius 2 is 1.67 bits per heavy atom. The van der Waals surface area contributed by atoms with Gasteiger partial charge in [-0.3, -0.25) is 0 Å². The Balaban J connectivity index is 3.92. The van der Waals surface area contributed by atoms with Crippen molar-refractivity contribution in [3.05, 3.63) is 5.84 Å². The van der Waals surface area contributed by atoms with Gasteiger partial charge in [0.15, 0.2) is 0 Å². The topological polar surface area (TPSA) is 27.0 Å². The smallest absolute Gasteiger partial charge is 0.000119 e. The first kappa shape index (κ1) is 8.92. The van der Waals surface area contributed by atoms with Crippen molar-refractivity contribution >= 4 is 0 Å². The molecule has 0 saturated carbocycles. The van der Waals surface area contributed by atoms with Crippen LogP contribution in [0.15, 0.2) is 0 Å². The Kier molecular flexibility index (Phi) is 3.15. The molecule has 0 amide bonds. The predicted molar refractivity (Wildman–Crippen MR) is 41.1 cm³/mol. The van der Waals surface area contributed by atoms with Crippen LogP contribution in [0.2, 0.25) is 0 Å². The lowest BCUT2D eigenvalue weighted by Crippen LogP contribution is -2.37. The van der Waals surface area contributed by atoms with E-state index in [2.05, 4.69) is 20.8 Å². The maximum absolute atomic E-state index is 7.36. The molecule has 2 nitrogen and oxygen atoms in total. The van der Waals surface area contributed by atoms with Crippen LogP contribution in [0.1, 0.15) is 33.6 Å². The Hall–Kier alpha value is -0.0800. The van der Waals surface area contributed by atoms with E-state index in [1.54, 1.807) is 5.01 Å². The van der Waals surface area contributed by atoms with E-state index in [0.29, 0.717) is 0 Å². The number of rotatable bonds is 3. The zero-order valence-corrected chi connectivity index (χ0v) is 6.86. The minimum absolute atomic E-state index is 0.0833. The lowest BCUT2D eigenvalue weighted by Gasteiger charge is -2.41. The van der Waals surface area contributed by atoms with Crippen molar-refractivity contribution < 1.29 is 0 Å². The molecule has 0 spiro atoms. The van der Waals surface area contributed by atoms with Crippen LogP contribution in [0, 0.1) is 0 Å². The van der Waals surface area contributed by atoms with E-state index in [1.807, 2.05) is 7.05 Å². The lowest BCUT2D eigenvalue weighted by molar-refractivity contribution is 0.187. The van der Waals surface area contributed by atoms with E-state index in [4.69, 9.17) is 5.84 Å². The molecule has 0 aromatic heterocycles. The zero-order chi connectivity index (χ0) is 7.49. The molecule has 0 radical (unpaired) electrons. The second-order valence-electron chi connectivity index (χ2n) is 2.76. The van der Waals surface area contributed by atoms with Crippen LogP contribution < -0.4 is 0 Å². The summed E-state index contributed by atoms with van der Waals surface area (Å²) in [6.07, 6.45) is 2.09. The fourth-order valence-corrected chi connectivity index (χ4v) is 0.724. The molecule has 0 atom stereocenters. The largest absolute Gasteiger partial charge is 0.609 e. The fraction of sp³-hybridized carbons (Fsp3) is 1.00. The van der Waals surface area contributed by atoms with E-state index in [0.717, 1.165) is 12.8 Å². The molecule has 0 fully saturated rings. The first-order valence-electron chi connectivity index (χ1n) is 3.52. The third kappa shape index (κ3) is 1.95. The van der Waals surface area contributed by atoms with Gasteiger partial charge in [-0.05, 0) is 26.8 Å². The van der Waals surface area contributed by atoms with E-state index < -0.39 is 0 Å². The van der Waals surface area contributed by atoms with Crippen LogP contribution >= 0.6 is 0 Å². The molecule has 0 aliphatic carbocycles. The van der Waals surface area contributed by atoms with Gasteiger partial charge in [0.25, 0.3) is 0 Å². The van der Waals surface area contributed by atoms with Gasteiger partial charge < -0.3 is 10.9 Å². The third-order valence-corrected chi connectivity index (χ3v) is 2.33. The number of nitrogens with zero attached hydrogens (tertiary/aromatic N) is 1. The van der Waals surface area contributed by atoms with Crippen LogP contribution in [0.25, 0.3) is 5.84 Å². The van der Waals surface area contributed by atoms with Gasteiger partial charge in [-0.15, -0.1) is 0 Å². The maximum atomic E-state index is 7.36. The van der Waals surface area contributed by atoms with Gasteiger partial charge in [-0.2, -0.15) is 0 Å². The second kappa shape index (κ2) is 3.18. The molecule has 0 heterocycles. The highest BCUT2D eigenvalue weighted by atomic mass is 15.4. The van der Waals surface area contributed by atoms with Gasteiger partial charge in [0.05, 0.1) is 0 Å². The summed E-state index contributed by atoms with van der Waals surface area (Å²) in [7, 11) is 1.81. The molecule has 1 N–H and O–H groups in total. The molecule has 0 rings (SSSR count).